The summed E-state index contributed by atoms with van der Waals surface area (Å²) in [7, 11) is 0.227. The Kier molecular flexibility index (Phi) is 5.28. The molecule has 2 rings (SSSR count). The van der Waals surface area contributed by atoms with Crippen LogP contribution in [0.3, 0.4) is 0 Å². The Morgan fingerprint density at radius 1 is 1.09 bits per heavy atom. The van der Waals surface area contributed by atoms with Crippen molar-refractivity contribution < 1.29 is 18.5 Å². The van der Waals surface area contributed by atoms with Gasteiger partial charge in [0.05, 0.1) is 12.7 Å². The van der Waals surface area contributed by atoms with E-state index in [2.05, 4.69) is 5.32 Å². The second-order valence-electron chi connectivity index (χ2n) is 4.90. The number of rotatable bonds is 4. The number of hydrogen-bond acceptors (Lipinski definition) is 4. The largest absolute Gasteiger partial charge is 0.465 e. The van der Waals surface area contributed by atoms with Crippen LogP contribution in [0.2, 0.25) is 0 Å². The summed E-state index contributed by atoms with van der Waals surface area (Å²) in [5.41, 5.74) is 2.03. The van der Waals surface area contributed by atoms with Crippen molar-refractivity contribution >= 4 is 28.4 Å². The first-order valence-corrected chi connectivity index (χ1v) is 8.42. The van der Waals surface area contributed by atoms with Gasteiger partial charge in [-0.3, -0.25) is 9.00 Å². The highest BCUT2D eigenvalue weighted by Gasteiger charge is 2.14. The molecular formula is C17H17NO4S. The maximum atomic E-state index is 12.3. The fraction of sp³-hybridized carbons (Fsp3) is 0.176. The van der Waals surface area contributed by atoms with E-state index in [1.807, 2.05) is 0 Å². The molecule has 0 aliphatic carbocycles. The van der Waals surface area contributed by atoms with Crippen LogP contribution in [0.5, 0.6) is 0 Å². The van der Waals surface area contributed by atoms with Gasteiger partial charge in [-0.25, -0.2) is 4.79 Å². The maximum absolute atomic E-state index is 12.3. The maximum Gasteiger partial charge on any atom is 0.338 e. The van der Waals surface area contributed by atoms with Gasteiger partial charge in [0, 0.05) is 33.2 Å². The molecule has 120 valence electrons. The van der Waals surface area contributed by atoms with Crippen LogP contribution in [-0.4, -0.2) is 29.5 Å². The third-order valence-corrected chi connectivity index (χ3v) is 4.37. The summed E-state index contributed by atoms with van der Waals surface area (Å²) in [6, 6.07) is 11.6. The van der Waals surface area contributed by atoms with Gasteiger partial charge >= 0.3 is 5.97 Å². The number of carbonyl (C=O) groups excluding carboxylic acids is 2. The van der Waals surface area contributed by atoms with Crippen molar-refractivity contribution in [1.29, 1.82) is 0 Å². The Morgan fingerprint density at radius 3 is 2.30 bits per heavy atom. The first-order valence-electron chi connectivity index (χ1n) is 6.87. The lowest BCUT2D eigenvalue weighted by atomic mass is 10.1. The number of amides is 1. The number of methoxy groups -OCH3 is 1. The zero-order valence-electron chi connectivity index (χ0n) is 13.1. The number of carbonyl (C=O) groups is 2. The minimum atomic E-state index is -1.08. The number of anilines is 1. The average Bonchev–Trinajstić information content (AvgIpc) is 2.56. The molecule has 0 aliphatic heterocycles. The summed E-state index contributed by atoms with van der Waals surface area (Å²) in [6.07, 6.45) is 1.58. The van der Waals surface area contributed by atoms with Crippen LogP contribution in [0.4, 0.5) is 5.69 Å². The van der Waals surface area contributed by atoms with E-state index >= 15 is 0 Å². The van der Waals surface area contributed by atoms with Gasteiger partial charge in [0.1, 0.15) is 0 Å². The van der Waals surface area contributed by atoms with Gasteiger partial charge in [0.25, 0.3) is 5.91 Å². The van der Waals surface area contributed by atoms with Crippen LogP contribution in [0.15, 0.2) is 47.4 Å². The van der Waals surface area contributed by atoms with Crippen molar-refractivity contribution in [2.75, 3.05) is 18.7 Å². The van der Waals surface area contributed by atoms with E-state index in [1.165, 1.54) is 7.11 Å². The number of esters is 1. The van der Waals surface area contributed by atoms with Crippen LogP contribution < -0.4 is 5.32 Å². The molecule has 0 aliphatic rings. The Balaban J connectivity index is 2.23. The van der Waals surface area contributed by atoms with Gasteiger partial charge < -0.3 is 10.1 Å². The Bertz CT molecular complexity index is 769. The van der Waals surface area contributed by atoms with Crippen LogP contribution in [0.25, 0.3) is 0 Å². The van der Waals surface area contributed by atoms with Gasteiger partial charge in [-0.1, -0.05) is 6.07 Å². The van der Waals surface area contributed by atoms with Crippen molar-refractivity contribution in [3.63, 3.8) is 0 Å². The Morgan fingerprint density at radius 2 is 1.74 bits per heavy atom. The zero-order chi connectivity index (χ0) is 17.0. The number of hydrogen-bond donors (Lipinski definition) is 1. The number of benzene rings is 2. The summed E-state index contributed by atoms with van der Waals surface area (Å²) in [4.78, 5) is 24.6. The SMILES string of the molecule is COC(=O)c1cccc(NC(=O)c2ccc(S(C)=O)cc2)c1C. The summed E-state index contributed by atoms with van der Waals surface area (Å²) >= 11 is 0. The van der Waals surface area contributed by atoms with E-state index in [-0.39, 0.29) is 5.91 Å². The van der Waals surface area contributed by atoms with Crippen molar-refractivity contribution in [3.8, 4) is 0 Å². The van der Waals surface area contributed by atoms with Crippen LogP contribution in [-0.2, 0) is 15.5 Å². The van der Waals surface area contributed by atoms with Crippen LogP contribution in [0, 0.1) is 6.92 Å². The van der Waals surface area contributed by atoms with Crippen molar-refractivity contribution in [3.05, 3.63) is 59.2 Å². The number of ether oxygens (including phenoxy) is 1. The molecule has 0 spiro atoms. The molecule has 0 heterocycles. The molecule has 5 nitrogen and oxygen atoms in total. The zero-order valence-corrected chi connectivity index (χ0v) is 13.9. The summed E-state index contributed by atoms with van der Waals surface area (Å²) in [5.74, 6) is -0.753. The lowest BCUT2D eigenvalue weighted by Crippen LogP contribution is -2.14. The highest BCUT2D eigenvalue weighted by atomic mass is 32.2. The molecule has 1 N–H and O–H groups in total. The molecule has 2 aromatic carbocycles. The fourth-order valence-corrected chi connectivity index (χ4v) is 2.61. The molecule has 1 amide bonds. The van der Waals surface area contributed by atoms with E-state index in [0.717, 1.165) is 0 Å². The molecule has 0 saturated carbocycles. The normalized spacial score (nSPS) is 11.6. The third kappa shape index (κ3) is 3.84. The number of nitrogens with one attached hydrogen (secondary N) is 1. The molecule has 2 aromatic rings. The van der Waals surface area contributed by atoms with Crippen molar-refractivity contribution in [1.82, 2.24) is 0 Å². The molecular weight excluding hydrogens is 314 g/mol. The predicted octanol–water partition coefficient (Wildman–Crippen LogP) is 2.77. The quantitative estimate of drug-likeness (QED) is 0.875. The van der Waals surface area contributed by atoms with Gasteiger partial charge in [-0.2, -0.15) is 0 Å². The molecule has 23 heavy (non-hydrogen) atoms. The molecule has 0 radical (unpaired) electrons. The highest BCUT2D eigenvalue weighted by Crippen LogP contribution is 2.20. The average molecular weight is 331 g/mol. The van der Waals surface area contributed by atoms with Crippen molar-refractivity contribution in [2.45, 2.75) is 11.8 Å². The monoisotopic (exact) mass is 331 g/mol. The van der Waals surface area contributed by atoms with Crippen LogP contribution in [0.1, 0.15) is 26.3 Å². The second-order valence-corrected chi connectivity index (χ2v) is 6.28. The molecule has 6 heteroatoms. The van der Waals surface area contributed by atoms with E-state index in [4.69, 9.17) is 4.74 Å². The lowest BCUT2D eigenvalue weighted by Gasteiger charge is -2.11. The second kappa shape index (κ2) is 7.19. The summed E-state index contributed by atoms with van der Waals surface area (Å²) < 4.78 is 16.1. The highest BCUT2D eigenvalue weighted by molar-refractivity contribution is 7.84. The van der Waals surface area contributed by atoms with E-state index < -0.39 is 16.8 Å². The Hall–Kier alpha value is -2.47. The summed E-state index contributed by atoms with van der Waals surface area (Å²) in [6.45, 7) is 1.74. The minimum Gasteiger partial charge on any atom is -0.465 e. The first-order chi connectivity index (χ1) is 10.9. The molecule has 0 fully saturated rings. The van der Waals surface area contributed by atoms with Gasteiger partial charge in [0.2, 0.25) is 0 Å². The van der Waals surface area contributed by atoms with Gasteiger partial charge in [-0.15, -0.1) is 0 Å². The van der Waals surface area contributed by atoms with Crippen LogP contribution >= 0.6 is 0 Å². The van der Waals surface area contributed by atoms with E-state index in [9.17, 15) is 13.8 Å². The molecule has 0 saturated heterocycles. The third-order valence-electron chi connectivity index (χ3n) is 3.44. The van der Waals surface area contributed by atoms with Gasteiger partial charge in [-0.05, 0) is 48.9 Å². The van der Waals surface area contributed by atoms with E-state index in [1.54, 1.807) is 55.6 Å². The Labute approximate surface area is 137 Å². The molecule has 0 aromatic heterocycles. The van der Waals surface area contributed by atoms with Crippen molar-refractivity contribution in [2.24, 2.45) is 0 Å². The summed E-state index contributed by atoms with van der Waals surface area (Å²) in [5, 5.41) is 2.77. The van der Waals surface area contributed by atoms with Gasteiger partial charge in [0.15, 0.2) is 0 Å². The minimum absolute atomic E-state index is 0.302. The predicted molar refractivity (Wildman–Crippen MR) is 89.2 cm³/mol. The topological polar surface area (TPSA) is 72.5 Å². The first kappa shape index (κ1) is 16.9. The molecule has 1 unspecified atom stereocenters. The molecule has 0 bridgehead atoms. The molecule has 1 atom stereocenters. The standard InChI is InChI=1S/C17H17NO4S/c1-11-14(17(20)22-2)5-4-6-15(11)18-16(19)12-7-9-13(10-8-12)23(3)21/h4-10H,1-3H3,(H,18,19). The smallest absolute Gasteiger partial charge is 0.338 e. The lowest BCUT2D eigenvalue weighted by molar-refractivity contribution is 0.0599. The van der Waals surface area contributed by atoms with E-state index in [0.29, 0.717) is 27.3 Å². The fourth-order valence-electron chi connectivity index (χ4n) is 2.09.